The van der Waals surface area contributed by atoms with Gasteiger partial charge in [-0.05, 0) is 94.3 Å². The second kappa shape index (κ2) is 11.0. The highest BCUT2D eigenvalue weighted by Crippen LogP contribution is 2.51. The van der Waals surface area contributed by atoms with Gasteiger partial charge in [0.2, 0.25) is 0 Å². The Morgan fingerprint density at radius 3 is 2.70 bits per heavy atom. The van der Waals surface area contributed by atoms with E-state index in [1.54, 1.807) is 19.2 Å². The molecule has 0 unspecified atom stereocenters. The molecule has 0 spiro atoms. The van der Waals surface area contributed by atoms with Crippen LogP contribution in [-0.4, -0.2) is 19.7 Å². The van der Waals surface area contributed by atoms with E-state index in [1.807, 2.05) is 37.3 Å². The molecule has 3 aromatic carbocycles. The zero-order chi connectivity index (χ0) is 26.1. The van der Waals surface area contributed by atoms with Gasteiger partial charge in [0, 0.05) is 11.6 Å². The highest BCUT2D eigenvalue weighted by molar-refractivity contribution is 9.10. The van der Waals surface area contributed by atoms with Crippen molar-refractivity contribution in [3.8, 4) is 11.5 Å². The van der Waals surface area contributed by atoms with Crippen molar-refractivity contribution in [2.45, 2.75) is 31.9 Å². The number of ether oxygens (including phenoxy) is 3. The lowest BCUT2D eigenvalue weighted by Gasteiger charge is -2.38. The summed E-state index contributed by atoms with van der Waals surface area (Å²) in [6, 6.07) is 15.3. The number of nitrogens with one attached hydrogen (secondary N) is 1. The largest absolute Gasteiger partial charge is 0.493 e. The minimum Gasteiger partial charge on any atom is -0.493 e. The zero-order valence-electron chi connectivity index (χ0n) is 20.4. The minimum absolute atomic E-state index is 0.0512. The van der Waals surface area contributed by atoms with Gasteiger partial charge in [0.15, 0.2) is 11.5 Å². The number of benzene rings is 3. The maximum Gasteiger partial charge on any atom is 0.338 e. The number of esters is 1. The summed E-state index contributed by atoms with van der Waals surface area (Å²) in [6.45, 7) is 2.48. The van der Waals surface area contributed by atoms with Crippen molar-refractivity contribution < 1.29 is 19.0 Å². The second-order valence-corrected chi connectivity index (χ2v) is 10.7. The van der Waals surface area contributed by atoms with Crippen LogP contribution >= 0.6 is 39.1 Å². The van der Waals surface area contributed by atoms with Crippen LogP contribution in [0.2, 0.25) is 10.0 Å². The van der Waals surface area contributed by atoms with E-state index in [0.29, 0.717) is 46.2 Å². The number of carbonyl (C=O) groups excluding carboxylic acids is 1. The molecule has 8 heteroatoms. The normalized spacial score (nSPS) is 19.5. The van der Waals surface area contributed by atoms with Gasteiger partial charge in [0.25, 0.3) is 0 Å². The Morgan fingerprint density at radius 1 is 1.11 bits per heavy atom. The number of hydrogen-bond donors (Lipinski definition) is 1. The average molecular weight is 603 g/mol. The lowest BCUT2D eigenvalue weighted by Crippen LogP contribution is -2.29. The lowest BCUT2D eigenvalue weighted by atomic mass is 9.76. The van der Waals surface area contributed by atoms with E-state index in [1.165, 1.54) is 0 Å². The van der Waals surface area contributed by atoms with Gasteiger partial charge < -0.3 is 19.5 Å². The fourth-order valence-corrected chi connectivity index (χ4v) is 6.01. The maximum atomic E-state index is 12.3. The van der Waals surface area contributed by atoms with Crippen LogP contribution in [0.1, 0.15) is 52.4 Å². The lowest BCUT2D eigenvalue weighted by molar-refractivity contribution is 0.0526. The molecule has 0 bridgehead atoms. The number of allylic oxidation sites excluding steroid dienone is 2. The molecule has 0 radical (unpaired) electrons. The molecular formula is C29H26BrCl2NO4. The van der Waals surface area contributed by atoms with Crippen molar-refractivity contribution in [2.24, 2.45) is 5.92 Å². The minimum atomic E-state index is -0.295. The molecule has 37 heavy (non-hydrogen) atoms. The first-order valence-electron chi connectivity index (χ1n) is 12.1. The molecule has 5 rings (SSSR count). The highest BCUT2D eigenvalue weighted by Gasteiger charge is 2.38. The first-order chi connectivity index (χ1) is 17.9. The number of hydrogen-bond acceptors (Lipinski definition) is 5. The number of halogens is 3. The van der Waals surface area contributed by atoms with Crippen LogP contribution in [0.4, 0.5) is 5.69 Å². The summed E-state index contributed by atoms with van der Waals surface area (Å²) in [7, 11) is 1.64. The van der Waals surface area contributed by atoms with Crippen LogP contribution in [0.5, 0.6) is 11.5 Å². The Hall–Kier alpha value is -2.67. The van der Waals surface area contributed by atoms with Crippen molar-refractivity contribution in [2.75, 3.05) is 19.0 Å². The summed E-state index contributed by atoms with van der Waals surface area (Å²) < 4.78 is 17.9. The molecule has 0 saturated carbocycles. The second-order valence-electron chi connectivity index (χ2n) is 9.07. The predicted octanol–water partition coefficient (Wildman–Crippen LogP) is 8.35. The summed E-state index contributed by atoms with van der Waals surface area (Å²) in [6.07, 6.45) is 5.39. The topological polar surface area (TPSA) is 56.8 Å². The standard InChI is InChI=1S/C29H26BrCl2NO4/c1-3-36-29(34)17-8-10-25-21(12-17)19-5-4-6-20(19)27(33-25)18-13-22(30)28(26(14-18)35-2)37-15-16-7-9-23(31)24(32)11-16/h4-5,7-14,19-20,27,33H,3,6,15H2,1-2H3/t19-,20+,27+/m1/s1. The van der Waals surface area contributed by atoms with E-state index in [2.05, 4.69) is 39.5 Å². The molecule has 0 fully saturated rings. The smallest absolute Gasteiger partial charge is 0.338 e. The highest BCUT2D eigenvalue weighted by atomic mass is 79.9. The van der Waals surface area contributed by atoms with E-state index in [-0.39, 0.29) is 17.9 Å². The van der Waals surface area contributed by atoms with Crippen molar-refractivity contribution >= 4 is 50.8 Å². The van der Waals surface area contributed by atoms with Gasteiger partial charge in [0.1, 0.15) is 6.61 Å². The first kappa shape index (κ1) is 26.0. The molecule has 0 amide bonds. The van der Waals surface area contributed by atoms with E-state index in [9.17, 15) is 4.79 Å². The Bertz CT molecular complexity index is 1380. The van der Waals surface area contributed by atoms with Crippen LogP contribution in [0.15, 0.2) is 65.2 Å². The molecule has 3 aromatic rings. The maximum absolute atomic E-state index is 12.3. The average Bonchev–Trinajstić information content (AvgIpc) is 3.39. The Labute approximate surface area is 234 Å². The summed E-state index contributed by atoms with van der Waals surface area (Å²) in [4.78, 5) is 12.3. The molecule has 1 heterocycles. The zero-order valence-corrected chi connectivity index (χ0v) is 23.5. The first-order valence-corrected chi connectivity index (χ1v) is 13.6. The Kier molecular flexibility index (Phi) is 7.70. The number of anilines is 1. The van der Waals surface area contributed by atoms with Crippen LogP contribution in [0.25, 0.3) is 0 Å². The molecule has 3 atom stereocenters. The quantitative estimate of drug-likeness (QED) is 0.217. The van der Waals surface area contributed by atoms with E-state index in [0.717, 1.165) is 33.3 Å². The monoisotopic (exact) mass is 601 g/mol. The molecule has 192 valence electrons. The molecular weight excluding hydrogens is 577 g/mol. The summed E-state index contributed by atoms with van der Waals surface area (Å²) in [5, 5.41) is 4.71. The molecule has 0 saturated heterocycles. The molecule has 5 nitrogen and oxygen atoms in total. The molecule has 2 aliphatic rings. The van der Waals surface area contributed by atoms with Crippen LogP contribution in [-0.2, 0) is 11.3 Å². The van der Waals surface area contributed by atoms with Crippen molar-refractivity contribution in [3.05, 3.63) is 97.5 Å². The molecule has 1 aliphatic carbocycles. The van der Waals surface area contributed by atoms with Gasteiger partial charge in [-0.3, -0.25) is 0 Å². The number of rotatable bonds is 7. The van der Waals surface area contributed by atoms with Crippen LogP contribution in [0, 0.1) is 5.92 Å². The fraction of sp³-hybridized carbons (Fsp3) is 0.276. The molecule has 1 N–H and O–H groups in total. The summed E-state index contributed by atoms with van der Waals surface area (Å²) in [5.41, 5.74) is 4.70. The Balaban J connectivity index is 1.42. The SMILES string of the molecule is CCOC(=O)c1ccc2c(c1)[C@@H]1C=CC[C@@H]1[C@H](c1cc(Br)c(OCc3ccc(Cl)c(Cl)c3)c(OC)c1)N2. The van der Waals surface area contributed by atoms with Gasteiger partial charge in [-0.15, -0.1) is 0 Å². The van der Waals surface area contributed by atoms with Crippen molar-refractivity contribution in [1.29, 1.82) is 0 Å². The van der Waals surface area contributed by atoms with E-state index >= 15 is 0 Å². The predicted molar refractivity (Wildman–Crippen MR) is 150 cm³/mol. The summed E-state index contributed by atoms with van der Waals surface area (Å²) in [5.74, 6) is 1.46. The van der Waals surface area contributed by atoms with E-state index in [4.69, 9.17) is 37.4 Å². The fourth-order valence-electron chi connectivity index (χ4n) is 5.11. The third kappa shape index (κ3) is 5.20. The van der Waals surface area contributed by atoms with Crippen molar-refractivity contribution in [3.63, 3.8) is 0 Å². The van der Waals surface area contributed by atoms with Crippen LogP contribution in [0.3, 0.4) is 0 Å². The van der Waals surface area contributed by atoms with Crippen LogP contribution < -0.4 is 14.8 Å². The van der Waals surface area contributed by atoms with Gasteiger partial charge in [-0.1, -0.05) is 41.4 Å². The molecule has 0 aromatic heterocycles. The van der Waals surface area contributed by atoms with Gasteiger partial charge in [-0.2, -0.15) is 0 Å². The van der Waals surface area contributed by atoms with Gasteiger partial charge in [0.05, 0.1) is 39.8 Å². The van der Waals surface area contributed by atoms with Gasteiger partial charge >= 0.3 is 5.97 Å². The third-order valence-electron chi connectivity index (χ3n) is 6.85. The van der Waals surface area contributed by atoms with Crippen molar-refractivity contribution in [1.82, 2.24) is 0 Å². The third-order valence-corrected chi connectivity index (χ3v) is 8.18. The number of methoxy groups -OCH3 is 1. The van der Waals surface area contributed by atoms with E-state index < -0.39 is 0 Å². The molecule has 1 aliphatic heterocycles. The van der Waals surface area contributed by atoms with Gasteiger partial charge in [-0.25, -0.2) is 4.79 Å². The number of carbonyl (C=O) groups is 1. The Morgan fingerprint density at radius 2 is 1.95 bits per heavy atom. The number of fused-ring (bicyclic) bond motifs is 3. The summed E-state index contributed by atoms with van der Waals surface area (Å²) >= 11 is 15.9.